The van der Waals surface area contributed by atoms with E-state index in [1.807, 2.05) is 0 Å². The lowest BCUT2D eigenvalue weighted by Crippen LogP contribution is -2.43. The first-order chi connectivity index (χ1) is 7.04. The van der Waals surface area contributed by atoms with Crippen molar-refractivity contribution in [2.24, 2.45) is 17.7 Å². The molecule has 0 saturated heterocycles. The maximum atomic E-state index is 5.61. The molecule has 0 aromatic carbocycles. The quantitative estimate of drug-likeness (QED) is 0.646. The van der Waals surface area contributed by atoms with Gasteiger partial charge in [-0.15, -0.1) is 11.3 Å². The zero-order valence-corrected chi connectivity index (χ0v) is 11.9. The average Bonchev–Trinajstić information content (AvgIpc) is 2.59. The molecule has 2 nitrogen and oxygen atoms in total. The van der Waals surface area contributed by atoms with Crippen LogP contribution in [-0.2, 0) is 6.42 Å². The van der Waals surface area contributed by atoms with E-state index < -0.39 is 0 Å². The Bertz CT molecular complexity index is 299. The first-order valence-corrected chi connectivity index (χ1v) is 6.91. The molecule has 0 fully saturated rings. The summed E-state index contributed by atoms with van der Waals surface area (Å²) < 4.78 is 1.16. The van der Waals surface area contributed by atoms with Crippen molar-refractivity contribution in [3.8, 4) is 0 Å². The van der Waals surface area contributed by atoms with Crippen LogP contribution in [0, 0.1) is 11.8 Å². The summed E-state index contributed by atoms with van der Waals surface area (Å²) in [6, 6.07) is 2.53. The minimum atomic E-state index is 0.357. The lowest BCUT2D eigenvalue weighted by molar-refractivity contribution is 0.300. The van der Waals surface area contributed by atoms with E-state index in [0.717, 1.165) is 10.9 Å². The number of nitrogens with one attached hydrogen (secondary N) is 1. The van der Waals surface area contributed by atoms with Gasteiger partial charge in [-0.2, -0.15) is 0 Å². The maximum Gasteiger partial charge on any atom is 0.0286 e. The Labute approximate surface area is 104 Å². The van der Waals surface area contributed by atoms with Crippen molar-refractivity contribution in [1.82, 2.24) is 5.43 Å². The van der Waals surface area contributed by atoms with Crippen molar-refractivity contribution in [3.05, 3.63) is 20.8 Å². The van der Waals surface area contributed by atoms with E-state index in [9.17, 15) is 0 Å². The first kappa shape index (κ1) is 13.2. The Kier molecular flexibility index (Phi) is 5.26. The molecule has 2 unspecified atom stereocenters. The van der Waals surface area contributed by atoms with Gasteiger partial charge in [-0.3, -0.25) is 11.3 Å². The van der Waals surface area contributed by atoms with Crippen LogP contribution in [0.1, 0.15) is 25.6 Å². The van der Waals surface area contributed by atoms with Gasteiger partial charge in [-0.1, -0.05) is 20.8 Å². The SMILES string of the molecule is CC(C)C(C)C(Cc1cc(Br)cs1)NN. The molecule has 0 aliphatic carbocycles. The zero-order valence-electron chi connectivity index (χ0n) is 9.46. The Morgan fingerprint density at radius 1 is 1.47 bits per heavy atom. The molecule has 1 heterocycles. The summed E-state index contributed by atoms with van der Waals surface area (Å²) in [5.41, 5.74) is 2.93. The molecule has 2 atom stereocenters. The van der Waals surface area contributed by atoms with E-state index in [0.29, 0.717) is 17.9 Å². The summed E-state index contributed by atoms with van der Waals surface area (Å²) in [7, 11) is 0. The highest BCUT2D eigenvalue weighted by atomic mass is 79.9. The fraction of sp³-hybridized carbons (Fsp3) is 0.636. The van der Waals surface area contributed by atoms with Gasteiger partial charge in [0.1, 0.15) is 0 Å². The molecule has 0 saturated carbocycles. The van der Waals surface area contributed by atoms with Crippen molar-refractivity contribution < 1.29 is 0 Å². The maximum absolute atomic E-state index is 5.61. The predicted octanol–water partition coefficient (Wildman–Crippen LogP) is 3.18. The Morgan fingerprint density at radius 2 is 2.13 bits per heavy atom. The molecule has 0 amide bonds. The minimum absolute atomic E-state index is 0.357. The molecule has 3 N–H and O–H groups in total. The molecule has 0 radical (unpaired) electrons. The van der Waals surface area contributed by atoms with Gasteiger partial charge in [0.2, 0.25) is 0 Å². The number of hydrazine groups is 1. The van der Waals surface area contributed by atoms with Crippen LogP contribution in [0.5, 0.6) is 0 Å². The number of halogens is 1. The highest BCUT2D eigenvalue weighted by Gasteiger charge is 2.19. The van der Waals surface area contributed by atoms with Gasteiger partial charge in [-0.05, 0) is 40.3 Å². The normalized spacial score (nSPS) is 15.6. The predicted molar refractivity (Wildman–Crippen MR) is 70.8 cm³/mol. The Balaban J connectivity index is 2.61. The van der Waals surface area contributed by atoms with E-state index in [-0.39, 0.29) is 0 Å². The van der Waals surface area contributed by atoms with Crippen molar-refractivity contribution in [3.63, 3.8) is 0 Å². The minimum Gasteiger partial charge on any atom is -0.271 e. The summed E-state index contributed by atoms with van der Waals surface area (Å²) in [4.78, 5) is 1.37. The molecular formula is C11H19BrN2S. The number of nitrogens with two attached hydrogens (primary N) is 1. The summed E-state index contributed by atoms with van der Waals surface area (Å²) in [6.07, 6.45) is 1.01. The van der Waals surface area contributed by atoms with E-state index in [4.69, 9.17) is 5.84 Å². The van der Waals surface area contributed by atoms with Crippen LogP contribution in [-0.4, -0.2) is 6.04 Å². The summed E-state index contributed by atoms with van der Waals surface area (Å²) in [5, 5.41) is 2.11. The zero-order chi connectivity index (χ0) is 11.4. The van der Waals surface area contributed by atoms with Crippen molar-refractivity contribution in [1.29, 1.82) is 0 Å². The molecule has 4 heteroatoms. The van der Waals surface area contributed by atoms with Gasteiger partial charge in [0.05, 0.1) is 0 Å². The van der Waals surface area contributed by atoms with E-state index >= 15 is 0 Å². The van der Waals surface area contributed by atoms with Crippen molar-refractivity contribution >= 4 is 27.3 Å². The Hall–Kier alpha value is 0.1000. The third kappa shape index (κ3) is 3.87. The Morgan fingerprint density at radius 3 is 2.53 bits per heavy atom. The van der Waals surface area contributed by atoms with E-state index in [1.54, 1.807) is 11.3 Å². The number of rotatable bonds is 5. The smallest absolute Gasteiger partial charge is 0.0286 e. The van der Waals surface area contributed by atoms with Gasteiger partial charge in [0.25, 0.3) is 0 Å². The molecule has 0 aliphatic rings. The van der Waals surface area contributed by atoms with Crippen molar-refractivity contribution in [2.75, 3.05) is 0 Å². The summed E-state index contributed by atoms with van der Waals surface area (Å²) in [5.74, 6) is 6.84. The van der Waals surface area contributed by atoms with Crippen LogP contribution in [0.4, 0.5) is 0 Å². The fourth-order valence-electron chi connectivity index (χ4n) is 1.54. The van der Waals surface area contributed by atoms with Crippen LogP contribution in [0.2, 0.25) is 0 Å². The molecule has 0 spiro atoms. The molecule has 86 valence electrons. The van der Waals surface area contributed by atoms with Crippen LogP contribution in [0.25, 0.3) is 0 Å². The van der Waals surface area contributed by atoms with Gasteiger partial charge in [0.15, 0.2) is 0 Å². The van der Waals surface area contributed by atoms with Crippen LogP contribution in [0.15, 0.2) is 15.9 Å². The molecule has 1 aromatic rings. The van der Waals surface area contributed by atoms with Gasteiger partial charge < -0.3 is 0 Å². The highest BCUT2D eigenvalue weighted by Crippen LogP contribution is 2.24. The third-order valence-electron chi connectivity index (χ3n) is 2.94. The van der Waals surface area contributed by atoms with Crippen LogP contribution >= 0.6 is 27.3 Å². The largest absolute Gasteiger partial charge is 0.271 e. The fourth-order valence-corrected chi connectivity index (χ4v) is 3.05. The van der Waals surface area contributed by atoms with E-state index in [2.05, 4.69) is 53.6 Å². The van der Waals surface area contributed by atoms with E-state index in [1.165, 1.54) is 4.88 Å². The third-order valence-corrected chi connectivity index (χ3v) is 4.66. The lowest BCUT2D eigenvalue weighted by atomic mass is 9.88. The monoisotopic (exact) mass is 290 g/mol. The van der Waals surface area contributed by atoms with Crippen molar-refractivity contribution in [2.45, 2.75) is 33.2 Å². The molecule has 0 aliphatic heterocycles. The molecule has 1 aromatic heterocycles. The molecular weight excluding hydrogens is 272 g/mol. The average molecular weight is 291 g/mol. The second-order valence-electron chi connectivity index (χ2n) is 4.31. The molecule has 0 bridgehead atoms. The number of thiophene rings is 1. The second-order valence-corrected chi connectivity index (χ2v) is 6.22. The van der Waals surface area contributed by atoms with Gasteiger partial charge in [0, 0.05) is 20.8 Å². The van der Waals surface area contributed by atoms with Crippen LogP contribution < -0.4 is 11.3 Å². The number of hydrogen-bond donors (Lipinski definition) is 2. The lowest BCUT2D eigenvalue weighted by Gasteiger charge is -2.25. The first-order valence-electron chi connectivity index (χ1n) is 5.23. The summed E-state index contributed by atoms with van der Waals surface area (Å²) in [6.45, 7) is 6.72. The second kappa shape index (κ2) is 5.99. The van der Waals surface area contributed by atoms with Gasteiger partial charge in [-0.25, -0.2) is 0 Å². The summed E-state index contributed by atoms with van der Waals surface area (Å²) >= 11 is 5.25. The highest BCUT2D eigenvalue weighted by molar-refractivity contribution is 9.10. The topological polar surface area (TPSA) is 38.0 Å². The molecule has 1 rings (SSSR count). The number of hydrogen-bond acceptors (Lipinski definition) is 3. The van der Waals surface area contributed by atoms with Crippen LogP contribution in [0.3, 0.4) is 0 Å². The van der Waals surface area contributed by atoms with Gasteiger partial charge >= 0.3 is 0 Å². The molecule has 15 heavy (non-hydrogen) atoms. The standard InChI is InChI=1S/C11H19BrN2S/c1-7(2)8(3)11(14-13)5-10-4-9(12)6-15-10/h4,6-8,11,14H,5,13H2,1-3H3.